The molecule has 0 aliphatic rings. The highest BCUT2D eigenvalue weighted by Crippen LogP contribution is 2.29. The van der Waals surface area contributed by atoms with Crippen LogP contribution in [0, 0.1) is 6.92 Å². The first kappa shape index (κ1) is 12.8. The molecule has 0 unspecified atom stereocenters. The van der Waals surface area contributed by atoms with E-state index in [0.717, 1.165) is 5.56 Å². The topological polar surface area (TPSA) is 30.0 Å². The van der Waals surface area contributed by atoms with E-state index in [1.54, 1.807) is 19.1 Å². The van der Waals surface area contributed by atoms with E-state index in [9.17, 15) is 13.6 Å². The summed E-state index contributed by atoms with van der Waals surface area (Å²) in [5.41, 5.74) is 1.42. The first-order chi connectivity index (χ1) is 8.49. The van der Waals surface area contributed by atoms with Crippen LogP contribution in [-0.4, -0.2) is 10.8 Å². The van der Waals surface area contributed by atoms with Gasteiger partial charge in [-0.3, -0.25) is 4.79 Å². The van der Waals surface area contributed by atoms with Gasteiger partial charge in [0.05, 0.1) is 10.6 Å². The second-order valence-electron chi connectivity index (χ2n) is 3.91. The molecule has 0 aliphatic carbocycles. The molecule has 0 spiro atoms. The third-order valence-electron chi connectivity index (χ3n) is 2.53. The Labute approximate surface area is 107 Å². The van der Waals surface area contributed by atoms with Gasteiger partial charge in [-0.15, -0.1) is 11.3 Å². The molecule has 1 aromatic carbocycles. The quantitative estimate of drug-likeness (QED) is 0.778. The molecule has 18 heavy (non-hydrogen) atoms. The van der Waals surface area contributed by atoms with Crippen LogP contribution in [0.25, 0.3) is 10.6 Å². The van der Waals surface area contributed by atoms with Crippen LogP contribution in [0.2, 0.25) is 0 Å². The molecule has 5 heteroatoms. The summed E-state index contributed by atoms with van der Waals surface area (Å²) in [6, 6.07) is 5.96. The lowest BCUT2D eigenvalue weighted by molar-refractivity contribution is 0.102. The van der Waals surface area contributed by atoms with Crippen LogP contribution in [0.3, 0.4) is 0 Å². The Bertz CT molecular complexity index is 575. The lowest BCUT2D eigenvalue weighted by Crippen LogP contribution is -1.89. The molecular weight excluding hydrogens is 256 g/mol. The number of hydrogen-bond acceptors (Lipinski definition) is 3. The third-order valence-corrected chi connectivity index (χ3v) is 3.83. The maximum atomic E-state index is 12.4. The van der Waals surface area contributed by atoms with Crippen LogP contribution < -0.4 is 0 Å². The fourth-order valence-electron chi connectivity index (χ4n) is 1.62. The molecule has 0 bridgehead atoms. The molecule has 1 aromatic heterocycles. The summed E-state index contributed by atoms with van der Waals surface area (Å²) in [5.74, 6) is -0.0274. The number of halogens is 2. The summed E-state index contributed by atoms with van der Waals surface area (Å²) in [6.45, 7) is 3.26. The number of rotatable bonds is 3. The zero-order chi connectivity index (χ0) is 13.3. The molecule has 94 valence electrons. The number of carbonyl (C=O) groups excluding carboxylic acids is 1. The van der Waals surface area contributed by atoms with Gasteiger partial charge >= 0.3 is 0 Å². The van der Waals surface area contributed by atoms with Crippen molar-refractivity contribution >= 4 is 17.1 Å². The Morgan fingerprint density at radius 2 is 1.89 bits per heavy atom. The summed E-state index contributed by atoms with van der Waals surface area (Å²) in [7, 11) is 0. The summed E-state index contributed by atoms with van der Waals surface area (Å²) < 4.78 is 24.8. The van der Waals surface area contributed by atoms with E-state index in [1.165, 1.54) is 30.4 Å². The number of benzene rings is 1. The minimum absolute atomic E-state index is 0.0150. The largest absolute Gasteiger partial charge is 0.294 e. The first-order valence-corrected chi connectivity index (χ1v) is 6.17. The maximum absolute atomic E-state index is 12.4. The van der Waals surface area contributed by atoms with Crippen LogP contribution in [0.1, 0.15) is 34.3 Å². The van der Waals surface area contributed by atoms with Gasteiger partial charge in [-0.05, 0) is 6.92 Å². The normalized spacial score (nSPS) is 10.9. The summed E-state index contributed by atoms with van der Waals surface area (Å²) >= 11 is 1.29. The van der Waals surface area contributed by atoms with E-state index in [1.807, 2.05) is 0 Å². The van der Waals surface area contributed by atoms with Gasteiger partial charge in [-0.25, -0.2) is 13.8 Å². The summed E-state index contributed by atoms with van der Waals surface area (Å²) in [6.07, 6.45) is -2.47. The van der Waals surface area contributed by atoms with Crippen LogP contribution in [0.15, 0.2) is 24.3 Å². The van der Waals surface area contributed by atoms with Gasteiger partial charge < -0.3 is 0 Å². The van der Waals surface area contributed by atoms with Crippen molar-refractivity contribution in [2.45, 2.75) is 20.3 Å². The van der Waals surface area contributed by atoms with E-state index in [-0.39, 0.29) is 11.3 Å². The fraction of sp³-hybridized carbons (Fsp3) is 0.231. The molecule has 2 rings (SSSR count). The molecule has 1 heterocycles. The summed E-state index contributed by atoms with van der Waals surface area (Å²) in [5, 5.41) is 0.679. The van der Waals surface area contributed by atoms with Crippen molar-refractivity contribution in [2.75, 3.05) is 0 Å². The van der Waals surface area contributed by atoms with Gasteiger partial charge in [-0.2, -0.15) is 0 Å². The molecule has 0 amide bonds. The van der Waals surface area contributed by atoms with Crippen LogP contribution >= 0.6 is 11.3 Å². The SMILES string of the molecule is CC(=O)c1sc(-c2ccc(C(F)F)cc2)nc1C. The van der Waals surface area contributed by atoms with Gasteiger partial charge in [0.15, 0.2) is 5.78 Å². The number of carbonyl (C=O) groups is 1. The smallest absolute Gasteiger partial charge is 0.263 e. The Kier molecular flexibility index (Phi) is 3.52. The average Bonchev–Trinajstić information content (AvgIpc) is 2.71. The highest BCUT2D eigenvalue weighted by atomic mass is 32.1. The minimum atomic E-state index is -2.47. The Balaban J connectivity index is 2.37. The number of hydrogen-bond donors (Lipinski definition) is 0. The van der Waals surface area contributed by atoms with Gasteiger partial charge in [0.2, 0.25) is 0 Å². The molecule has 0 saturated heterocycles. The zero-order valence-electron chi connectivity index (χ0n) is 9.91. The predicted octanol–water partition coefficient (Wildman–Crippen LogP) is 4.26. The third kappa shape index (κ3) is 2.46. The molecule has 2 nitrogen and oxygen atoms in total. The number of Topliss-reactive ketones (excluding diaryl/α,β-unsaturated/α-hetero) is 1. The maximum Gasteiger partial charge on any atom is 0.263 e. The minimum Gasteiger partial charge on any atom is -0.294 e. The molecule has 0 radical (unpaired) electrons. The highest BCUT2D eigenvalue weighted by Gasteiger charge is 2.13. The van der Waals surface area contributed by atoms with E-state index in [2.05, 4.69) is 4.98 Å². The van der Waals surface area contributed by atoms with E-state index >= 15 is 0 Å². The Hall–Kier alpha value is -1.62. The van der Waals surface area contributed by atoms with Crippen molar-refractivity contribution in [1.82, 2.24) is 4.98 Å². The van der Waals surface area contributed by atoms with E-state index < -0.39 is 6.43 Å². The van der Waals surface area contributed by atoms with Crippen molar-refractivity contribution in [3.8, 4) is 10.6 Å². The lowest BCUT2D eigenvalue weighted by Gasteiger charge is -2.00. The second-order valence-corrected chi connectivity index (χ2v) is 4.91. The second kappa shape index (κ2) is 4.94. The number of thiazole rings is 1. The van der Waals surface area contributed by atoms with E-state index in [4.69, 9.17) is 0 Å². The van der Waals surface area contributed by atoms with E-state index in [0.29, 0.717) is 15.6 Å². The van der Waals surface area contributed by atoms with Crippen molar-refractivity contribution < 1.29 is 13.6 Å². The number of ketones is 1. The Morgan fingerprint density at radius 3 is 2.33 bits per heavy atom. The molecule has 0 saturated carbocycles. The molecule has 0 fully saturated rings. The van der Waals surface area contributed by atoms with Crippen molar-refractivity contribution in [1.29, 1.82) is 0 Å². The van der Waals surface area contributed by atoms with Crippen molar-refractivity contribution in [3.63, 3.8) is 0 Å². The molecule has 0 atom stereocenters. The number of aromatic nitrogens is 1. The molecule has 0 N–H and O–H groups in total. The van der Waals surface area contributed by atoms with Crippen molar-refractivity contribution in [3.05, 3.63) is 40.4 Å². The fourth-order valence-corrected chi connectivity index (χ4v) is 2.58. The number of nitrogens with zero attached hydrogens (tertiary/aromatic N) is 1. The molecular formula is C13H11F2NOS. The monoisotopic (exact) mass is 267 g/mol. The number of alkyl halides is 2. The Morgan fingerprint density at radius 1 is 1.28 bits per heavy atom. The zero-order valence-corrected chi connectivity index (χ0v) is 10.7. The van der Waals surface area contributed by atoms with Crippen molar-refractivity contribution in [2.24, 2.45) is 0 Å². The lowest BCUT2D eigenvalue weighted by atomic mass is 10.1. The predicted molar refractivity (Wildman–Crippen MR) is 67.2 cm³/mol. The molecule has 0 aliphatic heterocycles. The van der Waals surface area contributed by atoms with Gasteiger partial charge in [0, 0.05) is 18.1 Å². The standard InChI is InChI=1S/C13H11F2NOS/c1-7-11(8(2)17)18-13(16-7)10-5-3-9(4-6-10)12(14)15/h3-6,12H,1-2H3. The van der Waals surface area contributed by atoms with Crippen LogP contribution in [0.4, 0.5) is 8.78 Å². The summed E-state index contributed by atoms with van der Waals surface area (Å²) in [4.78, 5) is 16.2. The highest BCUT2D eigenvalue weighted by molar-refractivity contribution is 7.17. The molecule has 2 aromatic rings. The van der Waals surface area contributed by atoms with Gasteiger partial charge in [-0.1, -0.05) is 24.3 Å². The first-order valence-electron chi connectivity index (χ1n) is 5.36. The number of aryl methyl sites for hydroxylation is 1. The van der Waals surface area contributed by atoms with Gasteiger partial charge in [0.1, 0.15) is 5.01 Å². The average molecular weight is 267 g/mol. The van der Waals surface area contributed by atoms with Crippen LogP contribution in [-0.2, 0) is 0 Å². The van der Waals surface area contributed by atoms with Gasteiger partial charge in [0.25, 0.3) is 6.43 Å². The van der Waals surface area contributed by atoms with Crippen LogP contribution in [0.5, 0.6) is 0 Å².